The Bertz CT molecular complexity index is 762. The average molecular weight is 379 g/mol. The van der Waals surface area contributed by atoms with Crippen molar-refractivity contribution in [2.75, 3.05) is 0 Å². The minimum atomic E-state index is -0.126. The number of aromatic nitrogens is 1. The molecule has 1 fully saturated rings. The number of benzene rings is 1. The largest absolute Gasteiger partial charge is 0.321 e. The van der Waals surface area contributed by atoms with E-state index in [-0.39, 0.29) is 5.91 Å². The molecule has 0 saturated carbocycles. The van der Waals surface area contributed by atoms with Crippen LogP contribution in [0.5, 0.6) is 0 Å². The summed E-state index contributed by atoms with van der Waals surface area (Å²) in [5, 5.41) is 2.62. The molecule has 1 aromatic carbocycles. The summed E-state index contributed by atoms with van der Waals surface area (Å²) < 4.78 is 3.65. The monoisotopic (exact) mass is 378 g/mol. The molecule has 0 atom stereocenters. The van der Waals surface area contributed by atoms with E-state index in [0.717, 1.165) is 21.4 Å². The molecule has 2 aromatic rings. The number of rotatable bonds is 2. The van der Waals surface area contributed by atoms with Gasteiger partial charge in [0, 0.05) is 22.1 Å². The first-order valence-corrected chi connectivity index (χ1v) is 8.24. The van der Waals surface area contributed by atoms with Gasteiger partial charge in [-0.15, -0.1) is 0 Å². The van der Waals surface area contributed by atoms with Gasteiger partial charge in [0.2, 0.25) is 0 Å². The van der Waals surface area contributed by atoms with Crippen LogP contribution in [0.1, 0.15) is 11.3 Å². The lowest BCUT2D eigenvalue weighted by Gasteiger charge is -2.05. The fraction of sp³-hybridized carbons (Fsp3) is 0.0667. The number of nitrogens with zero attached hydrogens (tertiary/aromatic N) is 1. The second-order valence-electron chi connectivity index (χ2n) is 4.61. The Kier molecular flexibility index (Phi) is 4.01. The minimum absolute atomic E-state index is 0.126. The normalized spacial score (nSPS) is 16.6. The Morgan fingerprint density at radius 1 is 1.33 bits per heavy atom. The molecular weight excluding hydrogens is 368 g/mol. The molecule has 1 aliphatic heterocycles. The van der Waals surface area contributed by atoms with Gasteiger partial charge in [-0.3, -0.25) is 4.79 Å². The van der Waals surface area contributed by atoms with Gasteiger partial charge in [-0.2, -0.15) is 0 Å². The van der Waals surface area contributed by atoms with Gasteiger partial charge in [0.05, 0.1) is 4.91 Å². The van der Waals surface area contributed by atoms with Crippen LogP contribution in [-0.4, -0.2) is 14.8 Å². The summed E-state index contributed by atoms with van der Waals surface area (Å²) in [5.41, 5.74) is 3.17. The van der Waals surface area contributed by atoms with Crippen LogP contribution in [0.15, 0.2) is 45.9 Å². The van der Waals surface area contributed by atoms with Crippen molar-refractivity contribution in [3.8, 4) is 5.69 Å². The van der Waals surface area contributed by atoms with Gasteiger partial charge >= 0.3 is 0 Å². The van der Waals surface area contributed by atoms with Crippen molar-refractivity contribution in [1.29, 1.82) is 0 Å². The highest BCUT2D eigenvalue weighted by Crippen LogP contribution is 2.27. The van der Waals surface area contributed by atoms with Gasteiger partial charge < -0.3 is 9.88 Å². The number of hydrogen-bond donors (Lipinski definition) is 1. The maximum absolute atomic E-state index is 11.7. The molecule has 3 rings (SSSR count). The molecule has 106 valence electrons. The van der Waals surface area contributed by atoms with Crippen molar-refractivity contribution in [2.45, 2.75) is 6.92 Å². The van der Waals surface area contributed by atoms with E-state index in [1.165, 1.54) is 11.8 Å². The molecule has 1 saturated heterocycles. The summed E-state index contributed by atoms with van der Waals surface area (Å²) in [6, 6.07) is 10.1. The molecule has 6 heteroatoms. The Morgan fingerprint density at radius 2 is 2.05 bits per heavy atom. The zero-order valence-electron chi connectivity index (χ0n) is 11.1. The van der Waals surface area contributed by atoms with Crippen molar-refractivity contribution in [3.63, 3.8) is 0 Å². The van der Waals surface area contributed by atoms with Crippen molar-refractivity contribution in [3.05, 3.63) is 57.2 Å². The van der Waals surface area contributed by atoms with E-state index in [1.54, 1.807) is 0 Å². The molecule has 2 heterocycles. The van der Waals surface area contributed by atoms with Crippen molar-refractivity contribution in [2.24, 2.45) is 0 Å². The number of carbonyl (C=O) groups is 1. The summed E-state index contributed by atoms with van der Waals surface area (Å²) in [7, 11) is 0. The number of halogens is 1. The minimum Gasteiger partial charge on any atom is -0.321 e. The molecule has 0 unspecified atom stereocenters. The highest BCUT2D eigenvalue weighted by Gasteiger charge is 2.22. The van der Waals surface area contributed by atoms with Gasteiger partial charge in [-0.05, 0) is 48.9 Å². The number of carbonyl (C=O) groups excluding carboxylic acids is 1. The predicted octanol–water partition coefficient (Wildman–Crippen LogP) is 4.04. The molecule has 1 amide bonds. The number of nitrogens with one attached hydrogen (secondary N) is 1. The van der Waals surface area contributed by atoms with E-state index in [4.69, 9.17) is 12.2 Å². The molecule has 0 spiro atoms. The fourth-order valence-electron chi connectivity index (χ4n) is 2.13. The highest BCUT2D eigenvalue weighted by atomic mass is 79.9. The summed E-state index contributed by atoms with van der Waals surface area (Å²) in [5.74, 6) is -0.126. The predicted molar refractivity (Wildman–Crippen MR) is 94.5 cm³/mol. The molecule has 1 aliphatic rings. The van der Waals surface area contributed by atoms with Gasteiger partial charge in [0.25, 0.3) is 5.91 Å². The molecule has 3 nitrogen and oxygen atoms in total. The second kappa shape index (κ2) is 5.79. The third-order valence-corrected chi connectivity index (χ3v) is 4.77. The Morgan fingerprint density at radius 3 is 2.67 bits per heavy atom. The van der Waals surface area contributed by atoms with Crippen molar-refractivity contribution < 1.29 is 4.79 Å². The maximum Gasteiger partial charge on any atom is 0.263 e. The van der Waals surface area contributed by atoms with E-state index in [9.17, 15) is 4.79 Å². The van der Waals surface area contributed by atoms with E-state index in [2.05, 4.69) is 25.8 Å². The number of thioether (sulfide) groups is 1. The summed E-state index contributed by atoms with van der Waals surface area (Å²) in [6.07, 6.45) is 3.88. The average Bonchev–Trinajstić information content (AvgIpc) is 2.94. The lowest BCUT2D eigenvalue weighted by atomic mass is 10.3. The van der Waals surface area contributed by atoms with Crippen LogP contribution in [0.4, 0.5) is 0 Å². The van der Waals surface area contributed by atoms with Crippen LogP contribution in [0, 0.1) is 6.92 Å². The quantitative estimate of drug-likeness (QED) is 0.632. The van der Waals surface area contributed by atoms with Crippen LogP contribution in [-0.2, 0) is 4.79 Å². The first-order chi connectivity index (χ1) is 10.0. The van der Waals surface area contributed by atoms with Gasteiger partial charge in [0.1, 0.15) is 4.32 Å². The summed E-state index contributed by atoms with van der Waals surface area (Å²) in [6.45, 7) is 2.04. The highest BCUT2D eigenvalue weighted by molar-refractivity contribution is 9.10. The van der Waals surface area contributed by atoms with Gasteiger partial charge in [-0.1, -0.05) is 39.9 Å². The Balaban J connectivity index is 1.95. The van der Waals surface area contributed by atoms with E-state index < -0.39 is 0 Å². The standard InChI is InChI=1S/C15H11BrN2OS2/c1-9-6-10(7-13-14(19)17-15(20)21-13)8-18(9)12-4-2-11(16)3-5-12/h2-8H,1H3,(H,17,19,20)/b13-7+. The maximum atomic E-state index is 11.7. The van der Waals surface area contributed by atoms with Crippen LogP contribution in [0.25, 0.3) is 11.8 Å². The molecular formula is C15H11BrN2OS2. The molecule has 0 aliphatic carbocycles. The lowest BCUT2D eigenvalue weighted by molar-refractivity contribution is -0.115. The van der Waals surface area contributed by atoms with Crippen LogP contribution < -0.4 is 5.32 Å². The molecule has 21 heavy (non-hydrogen) atoms. The topological polar surface area (TPSA) is 34.0 Å². The number of thiocarbonyl (C=S) groups is 1. The van der Waals surface area contributed by atoms with Crippen molar-refractivity contribution in [1.82, 2.24) is 9.88 Å². The van der Waals surface area contributed by atoms with Crippen molar-refractivity contribution >= 4 is 56.2 Å². The number of amides is 1. The third-order valence-electron chi connectivity index (χ3n) is 3.08. The summed E-state index contributed by atoms with van der Waals surface area (Å²) in [4.78, 5) is 12.3. The Labute approximate surface area is 140 Å². The van der Waals surface area contributed by atoms with E-state index in [1.807, 2.05) is 49.5 Å². The van der Waals surface area contributed by atoms with E-state index in [0.29, 0.717) is 9.23 Å². The fourth-order valence-corrected chi connectivity index (χ4v) is 3.44. The Hall–Kier alpha value is -1.37. The zero-order valence-corrected chi connectivity index (χ0v) is 14.3. The van der Waals surface area contributed by atoms with Gasteiger partial charge in [0.15, 0.2) is 0 Å². The zero-order chi connectivity index (χ0) is 15.0. The van der Waals surface area contributed by atoms with Crippen LogP contribution >= 0.6 is 39.9 Å². The first kappa shape index (κ1) is 14.6. The smallest absolute Gasteiger partial charge is 0.263 e. The lowest BCUT2D eigenvalue weighted by Crippen LogP contribution is -2.17. The second-order valence-corrected chi connectivity index (χ2v) is 7.25. The number of hydrogen-bond acceptors (Lipinski definition) is 3. The third kappa shape index (κ3) is 3.12. The molecule has 0 bridgehead atoms. The van der Waals surface area contributed by atoms with Crippen LogP contribution in [0.2, 0.25) is 0 Å². The van der Waals surface area contributed by atoms with Crippen LogP contribution in [0.3, 0.4) is 0 Å². The molecule has 1 aromatic heterocycles. The molecule has 1 N–H and O–H groups in total. The summed E-state index contributed by atoms with van der Waals surface area (Å²) >= 11 is 9.72. The van der Waals surface area contributed by atoms with E-state index >= 15 is 0 Å². The SMILES string of the molecule is Cc1cc(/C=C2/SC(=S)NC2=O)cn1-c1ccc(Br)cc1. The number of aryl methyl sites for hydroxylation is 1. The first-order valence-electron chi connectivity index (χ1n) is 6.23. The van der Waals surface area contributed by atoms with Gasteiger partial charge in [-0.25, -0.2) is 0 Å². The molecule has 0 radical (unpaired) electrons.